The molecule has 3 atom stereocenters. The number of hydrogen-bond donors (Lipinski definition) is 1. The lowest BCUT2D eigenvalue weighted by Gasteiger charge is -2.31. The highest BCUT2D eigenvalue weighted by molar-refractivity contribution is 5.80. The Bertz CT molecular complexity index is 347. The largest absolute Gasteiger partial charge is 0.480 e. The summed E-state index contributed by atoms with van der Waals surface area (Å²) in [7, 11) is 0. The van der Waals surface area contributed by atoms with Crippen LogP contribution in [-0.2, 0) is 4.79 Å². The van der Waals surface area contributed by atoms with E-state index in [0.29, 0.717) is 11.8 Å². The van der Waals surface area contributed by atoms with E-state index in [9.17, 15) is 9.59 Å². The number of rotatable bonds is 4. The van der Waals surface area contributed by atoms with E-state index in [1.165, 1.54) is 24.2 Å². The molecule has 0 bridgehead atoms. The molecule has 1 aliphatic heterocycles. The van der Waals surface area contributed by atoms with Gasteiger partial charge in [-0.2, -0.15) is 0 Å². The molecule has 0 aromatic carbocycles. The van der Waals surface area contributed by atoms with Crippen molar-refractivity contribution < 1.29 is 14.7 Å². The summed E-state index contributed by atoms with van der Waals surface area (Å²) in [6.07, 6.45) is 4.49. The van der Waals surface area contributed by atoms with Crippen molar-refractivity contribution in [2.45, 2.75) is 45.6 Å². The normalized spacial score (nSPS) is 27.2. The molecule has 0 aromatic heterocycles. The van der Waals surface area contributed by atoms with Crippen LogP contribution in [0.4, 0.5) is 4.79 Å². The lowest BCUT2D eigenvalue weighted by Crippen LogP contribution is -2.48. The van der Waals surface area contributed by atoms with Gasteiger partial charge in [-0.3, -0.25) is 4.79 Å². The third-order valence-electron chi connectivity index (χ3n) is 4.67. The van der Waals surface area contributed by atoms with Crippen molar-refractivity contribution in [3.8, 4) is 0 Å². The molecule has 2 aliphatic rings. The van der Waals surface area contributed by atoms with Crippen molar-refractivity contribution in [1.82, 2.24) is 9.80 Å². The second-order valence-electron chi connectivity index (χ2n) is 5.92. The van der Waals surface area contributed by atoms with E-state index in [4.69, 9.17) is 5.11 Å². The van der Waals surface area contributed by atoms with Crippen LogP contribution in [0.1, 0.15) is 39.5 Å². The molecule has 5 nitrogen and oxygen atoms in total. The molecule has 1 heterocycles. The number of aliphatic carboxylic acids is 1. The molecule has 2 fully saturated rings. The Morgan fingerprint density at radius 3 is 2.37 bits per heavy atom. The predicted octanol–water partition coefficient (Wildman–Crippen LogP) is 2.02. The average Bonchev–Trinajstić information content (AvgIpc) is 2.94. The standard InChI is InChI=1S/C14H24N2O3/c1-3-10(2)16(9-13(17)18)14(19)15-7-11-5-4-6-12(11)8-15/h10-12H,3-9H2,1-2H3,(H,17,18). The zero-order valence-corrected chi connectivity index (χ0v) is 11.8. The molecule has 1 aliphatic carbocycles. The molecule has 0 spiro atoms. The third-order valence-corrected chi connectivity index (χ3v) is 4.67. The molecule has 1 saturated heterocycles. The Hall–Kier alpha value is -1.26. The molecule has 0 aromatic rings. The van der Waals surface area contributed by atoms with Gasteiger partial charge in [-0.1, -0.05) is 13.3 Å². The van der Waals surface area contributed by atoms with Crippen LogP contribution < -0.4 is 0 Å². The average molecular weight is 268 g/mol. The first-order valence-electron chi connectivity index (χ1n) is 7.30. The number of likely N-dealkylation sites (tertiary alicyclic amines) is 1. The molecule has 5 heteroatoms. The Morgan fingerprint density at radius 1 is 1.32 bits per heavy atom. The molecule has 0 radical (unpaired) electrons. The van der Waals surface area contributed by atoms with E-state index in [0.717, 1.165) is 19.5 Å². The van der Waals surface area contributed by atoms with Crippen molar-refractivity contribution in [3.05, 3.63) is 0 Å². The van der Waals surface area contributed by atoms with Crippen LogP contribution in [0, 0.1) is 11.8 Å². The Kier molecular flexibility index (Phi) is 4.32. The van der Waals surface area contributed by atoms with Crippen LogP contribution in [0.15, 0.2) is 0 Å². The fraction of sp³-hybridized carbons (Fsp3) is 0.857. The van der Waals surface area contributed by atoms with Crippen molar-refractivity contribution >= 4 is 12.0 Å². The van der Waals surface area contributed by atoms with Gasteiger partial charge in [-0.25, -0.2) is 4.79 Å². The smallest absolute Gasteiger partial charge is 0.323 e. The number of urea groups is 1. The maximum Gasteiger partial charge on any atom is 0.323 e. The minimum atomic E-state index is -0.937. The molecule has 108 valence electrons. The number of carbonyl (C=O) groups excluding carboxylic acids is 1. The monoisotopic (exact) mass is 268 g/mol. The Morgan fingerprint density at radius 2 is 1.89 bits per heavy atom. The van der Waals surface area contributed by atoms with E-state index in [1.54, 1.807) is 0 Å². The quantitative estimate of drug-likeness (QED) is 0.848. The number of carboxylic acids is 1. The molecule has 1 N–H and O–H groups in total. The number of fused-ring (bicyclic) bond motifs is 1. The predicted molar refractivity (Wildman–Crippen MR) is 71.9 cm³/mol. The van der Waals surface area contributed by atoms with Crippen LogP contribution in [-0.4, -0.2) is 52.6 Å². The van der Waals surface area contributed by atoms with Crippen LogP contribution in [0.3, 0.4) is 0 Å². The second kappa shape index (κ2) is 5.80. The minimum Gasteiger partial charge on any atom is -0.480 e. The van der Waals surface area contributed by atoms with Gasteiger partial charge in [0.2, 0.25) is 0 Å². The van der Waals surface area contributed by atoms with E-state index in [2.05, 4.69) is 0 Å². The number of hydrogen-bond acceptors (Lipinski definition) is 2. The number of carbonyl (C=O) groups is 2. The highest BCUT2D eigenvalue weighted by Gasteiger charge is 2.40. The summed E-state index contributed by atoms with van der Waals surface area (Å²) in [6, 6.07) is -0.116. The summed E-state index contributed by atoms with van der Waals surface area (Å²) in [6.45, 7) is 5.33. The number of nitrogens with zero attached hydrogens (tertiary/aromatic N) is 2. The van der Waals surface area contributed by atoms with E-state index in [-0.39, 0.29) is 18.6 Å². The van der Waals surface area contributed by atoms with Gasteiger partial charge in [0, 0.05) is 19.1 Å². The Balaban J connectivity index is 2.01. The molecule has 2 amide bonds. The van der Waals surface area contributed by atoms with Gasteiger partial charge >= 0.3 is 12.0 Å². The van der Waals surface area contributed by atoms with Gasteiger partial charge in [-0.15, -0.1) is 0 Å². The highest BCUT2D eigenvalue weighted by atomic mass is 16.4. The maximum atomic E-state index is 12.5. The highest BCUT2D eigenvalue weighted by Crippen LogP contribution is 2.38. The maximum absolute atomic E-state index is 12.5. The zero-order valence-electron chi connectivity index (χ0n) is 11.8. The lowest BCUT2D eigenvalue weighted by molar-refractivity contribution is -0.138. The van der Waals surface area contributed by atoms with Crippen LogP contribution in [0.2, 0.25) is 0 Å². The summed E-state index contributed by atoms with van der Waals surface area (Å²) in [5, 5.41) is 8.97. The zero-order chi connectivity index (χ0) is 14.0. The third kappa shape index (κ3) is 3.01. The molecule has 1 saturated carbocycles. The second-order valence-corrected chi connectivity index (χ2v) is 5.92. The number of carboxylic acid groups (broad SMARTS) is 1. The molecular weight excluding hydrogens is 244 g/mol. The summed E-state index contributed by atoms with van der Waals surface area (Å²) in [4.78, 5) is 26.8. The van der Waals surface area contributed by atoms with Gasteiger partial charge in [0.1, 0.15) is 6.54 Å². The van der Waals surface area contributed by atoms with Crippen LogP contribution >= 0.6 is 0 Å². The van der Waals surface area contributed by atoms with E-state index < -0.39 is 5.97 Å². The van der Waals surface area contributed by atoms with Gasteiger partial charge < -0.3 is 14.9 Å². The van der Waals surface area contributed by atoms with Crippen molar-refractivity contribution in [2.24, 2.45) is 11.8 Å². The van der Waals surface area contributed by atoms with Crippen molar-refractivity contribution in [2.75, 3.05) is 19.6 Å². The first-order valence-corrected chi connectivity index (χ1v) is 7.30. The van der Waals surface area contributed by atoms with E-state index in [1.807, 2.05) is 18.7 Å². The van der Waals surface area contributed by atoms with Crippen molar-refractivity contribution in [1.29, 1.82) is 0 Å². The van der Waals surface area contributed by atoms with Crippen LogP contribution in [0.5, 0.6) is 0 Å². The summed E-state index contributed by atoms with van der Waals surface area (Å²) in [5.41, 5.74) is 0. The molecule has 2 rings (SSSR count). The minimum absolute atomic E-state index is 0.0240. The fourth-order valence-electron chi connectivity index (χ4n) is 3.35. The molecule has 3 unspecified atom stereocenters. The van der Waals surface area contributed by atoms with Crippen LogP contribution in [0.25, 0.3) is 0 Å². The SMILES string of the molecule is CCC(C)N(CC(=O)O)C(=O)N1CC2CCCC2C1. The molecule has 19 heavy (non-hydrogen) atoms. The lowest BCUT2D eigenvalue weighted by atomic mass is 10.0. The molecular formula is C14H24N2O3. The summed E-state index contributed by atoms with van der Waals surface area (Å²) < 4.78 is 0. The van der Waals surface area contributed by atoms with E-state index >= 15 is 0 Å². The van der Waals surface area contributed by atoms with Gasteiger partial charge in [-0.05, 0) is 38.0 Å². The van der Waals surface area contributed by atoms with Gasteiger partial charge in [0.25, 0.3) is 0 Å². The van der Waals surface area contributed by atoms with Crippen molar-refractivity contribution in [3.63, 3.8) is 0 Å². The van der Waals surface area contributed by atoms with Gasteiger partial charge in [0.15, 0.2) is 0 Å². The first kappa shape index (κ1) is 14.2. The fourth-order valence-corrected chi connectivity index (χ4v) is 3.35. The summed E-state index contributed by atoms with van der Waals surface area (Å²) in [5.74, 6) is 0.355. The van der Waals surface area contributed by atoms with Gasteiger partial charge in [0.05, 0.1) is 0 Å². The number of amides is 2. The topological polar surface area (TPSA) is 60.9 Å². The Labute approximate surface area is 114 Å². The first-order chi connectivity index (χ1) is 9.02. The summed E-state index contributed by atoms with van der Waals surface area (Å²) >= 11 is 0.